The molecule has 6 nitrogen and oxygen atoms in total. The molecule has 0 aliphatic rings. The highest BCUT2D eigenvalue weighted by atomic mass is 127. The lowest BCUT2D eigenvalue weighted by atomic mass is 10.1. The zero-order valence-corrected chi connectivity index (χ0v) is 20.2. The Morgan fingerprint density at radius 3 is 2.39 bits per heavy atom. The van der Waals surface area contributed by atoms with E-state index < -0.39 is 0 Å². The highest BCUT2D eigenvalue weighted by molar-refractivity contribution is 14.0. The standard InChI is InChI=1S/C24H28N4O2.HI/c1-3-19-9-4-5-10-21(19)16-28-24(25-2)27-15-18-8-6-11-20(14-18)23(29)26-17-22-12-7-13-30-22;/h4-14H,3,15-17H2,1-2H3,(H,26,29)(H2,25,27,28);1H. The van der Waals surface area contributed by atoms with Crippen molar-refractivity contribution in [3.05, 3.63) is 94.9 Å². The van der Waals surface area contributed by atoms with Gasteiger partial charge in [0.05, 0.1) is 12.8 Å². The number of nitrogens with one attached hydrogen (secondary N) is 3. The molecule has 0 unspecified atom stereocenters. The van der Waals surface area contributed by atoms with Crippen LogP contribution in [0.3, 0.4) is 0 Å². The summed E-state index contributed by atoms with van der Waals surface area (Å²) in [6, 6.07) is 19.6. The topological polar surface area (TPSA) is 78.7 Å². The van der Waals surface area contributed by atoms with E-state index in [4.69, 9.17) is 4.42 Å². The predicted molar refractivity (Wildman–Crippen MR) is 135 cm³/mol. The Balaban J connectivity index is 0.00000341. The molecule has 0 aliphatic heterocycles. The summed E-state index contributed by atoms with van der Waals surface area (Å²) in [6.07, 6.45) is 2.59. The van der Waals surface area contributed by atoms with Gasteiger partial charge in [0.2, 0.25) is 0 Å². The summed E-state index contributed by atoms with van der Waals surface area (Å²) in [7, 11) is 1.75. The van der Waals surface area contributed by atoms with E-state index in [0.717, 1.165) is 17.7 Å². The monoisotopic (exact) mass is 532 g/mol. The molecular formula is C24H29IN4O2. The van der Waals surface area contributed by atoms with Crippen molar-refractivity contribution in [2.75, 3.05) is 7.05 Å². The molecule has 164 valence electrons. The molecule has 31 heavy (non-hydrogen) atoms. The van der Waals surface area contributed by atoms with Gasteiger partial charge >= 0.3 is 0 Å². The average Bonchev–Trinajstić information content (AvgIpc) is 3.31. The quantitative estimate of drug-likeness (QED) is 0.230. The predicted octanol–water partition coefficient (Wildman–Crippen LogP) is 4.26. The van der Waals surface area contributed by atoms with Crippen molar-refractivity contribution in [1.82, 2.24) is 16.0 Å². The molecule has 1 heterocycles. The molecule has 0 spiro atoms. The third-order valence-electron chi connectivity index (χ3n) is 4.82. The fourth-order valence-corrected chi connectivity index (χ4v) is 3.17. The molecule has 0 radical (unpaired) electrons. The Bertz CT molecular complexity index is 987. The molecule has 3 N–H and O–H groups in total. The molecule has 3 aromatic rings. The zero-order chi connectivity index (χ0) is 21.2. The third-order valence-corrected chi connectivity index (χ3v) is 4.82. The molecule has 0 aliphatic carbocycles. The average molecular weight is 532 g/mol. The van der Waals surface area contributed by atoms with Gasteiger partial charge in [0.15, 0.2) is 5.96 Å². The fraction of sp³-hybridized carbons (Fsp3) is 0.250. The van der Waals surface area contributed by atoms with Crippen LogP contribution in [0, 0.1) is 0 Å². The number of carbonyl (C=O) groups is 1. The zero-order valence-electron chi connectivity index (χ0n) is 17.9. The molecule has 1 aromatic heterocycles. The first kappa shape index (κ1) is 24.5. The number of furan rings is 1. The van der Waals surface area contributed by atoms with E-state index in [0.29, 0.717) is 31.2 Å². The normalized spacial score (nSPS) is 10.8. The minimum Gasteiger partial charge on any atom is -0.467 e. The van der Waals surface area contributed by atoms with Crippen molar-refractivity contribution in [2.24, 2.45) is 4.99 Å². The molecule has 0 atom stereocenters. The van der Waals surface area contributed by atoms with Crippen LogP contribution in [0.2, 0.25) is 0 Å². The number of hydrogen-bond acceptors (Lipinski definition) is 3. The smallest absolute Gasteiger partial charge is 0.251 e. The summed E-state index contributed by atoms with van der Waals surface area (Å²) >= 11 is 0. The van der Waals surface area contributed by atoms with Gasteiger partial charge in [-0.1, -0.05) is 43.3 Å². The lowest BCUT2D eigenvalue weighted by molar-refractivity contribution is 0.0948. The minimum absolute atomic E-state index is 0. The second kappa shape index (κ2) is 12.8. The molecule has 3 rings (SSSR count). The second-order valence-corrected chi connectivity index (χ2v) is 6.86. The second-order valence-electron chi connectivity index (χ2n) is 6.86. The molecular weight excluding hydrogens is 503 g/mol. The van der Waals surface area contributed by atoms with Crippen LogP contribution in [-0.4, -0.2) is 18.9 Å². The van der Waals surface area contributed by atoms with Gasteiger partial charge in [-0.25, -0.2) is 0 Å². The van der Waals surface area contributed by atoms with Gasteiger partial charge in [-0.3, -0.25) is 9.79 Å². The number of aliphatic imine (C=N–C) groups is 1. The van der Waals surface area contributed by atoms with Crippen LogP contribution < -0.4 is 16.0 Å². The number of carbonyl (C=O) groups excluding carboxylic acids is 1. The van der Waals surface area contributed by atoms with Crippen LogP contribution in [-0.2, 0) is 26.1 Å². The van der Waals surface area contributed by atoms with Gasteiger partial charge in [0.1, 0.15) is 5.76 Å². The summed E-state index contributed by atoms with van der Waals surface area (Å²) in [5.41, 5.74) is 4.20. The number of nitrogens with zero attached hydrogens (tertiary/aromatic N) is 1. The van der Waals surface area contributed by atoms with Crippen molar-refractivity contribution < 1.29 is 9.21 Å². The highest BCUT2D eigenvalue weighted by Crippen LogP contribution is 2.09. The molecule has 1 amide bonds. The number of hydrogen-bond donors (Lipinski definition) is 3. The maximum Gasteiger partial charge on any atom is 0.251 e. The van der Waals surface area contributed by atoms with Crippen LogP contribution in [0.15, 0.2) is 76.3 Å². The molecule has 0 bridgehead atoms. The summed E-state index contributed by atoms with van der Waals surface area (Å²) in [6.45, 7) is 3.79. The number of guanidine groups is 1. The van der Waals surface area contributed by atoms with Gasteiger partial charge in [-0.05, 0) is 47.4 Å². The van der Waals surface area contributed by atoms with Gasteiger partial charge in [-0.2, -0.15) is 0 Å². The van der Waals surface area contributed by atoms with Crippen molar-refractivity contribution in [2.45, 2.75) is 33.0 Å². The number of halogens is 1. The van der Waals surface area contributed by atoms with E-state index in [1.807, 2.05) is 24.3 Å². The van der Waals surface area contributed by atoms with Crippen LogP contribution in [0.5, 0.6) is 0 Å². The Kier molecular flexibility index (Phi) is 10.1. The Morgan fingerprint density at radius 1 is 0.903 bits per heavy atom. The van der Waals surface area contributed by atoms with E-state index in [-0.39, 0.29) is 29.9 Å². The van der Waals surface area contributed by atoms with Gasteiger partial charge in [-0.15, -0.1) is 24.0 Å². The van der Waals surface area contributed by atoms with E-state index >= 15 is 0 Å². The molecule has 0 fully saturated rings. The molecule has 0 saturated carbocycles. The summed E-state index contributed by atoms with van der Waals surface area (Å²) < 4.78 is 5.25. The van der Waals surface area contributed by atoms with Crippen molar-refractivity contribution in [1.29, 1.82) is 0 Å². The molecule has 7 heteroatoms. The van der Waals surface area contributed by atoms with Crippen LogP contribution in [0.4, 0.5) is 0 Å². The maximum absolute atomic E-state index is 12.4. The Labute approximate surface area is 200 Å². The van der Waals surface area contributed by atoms with Crippen molar-refractivity contribution in [3.63, 3.8) is 0 Å². The Hall–Kier alpha value is -2.81. The van der Waals surface area contributed by atoms with Gasteiger partial charge < -0.3 is 20.4 Å². The van der Waals surface area contributed by atoms with E-state index in [9.17, 15) is 4.79 Å². The Morgan fingerprint density at radius 2 is 1.68 bits per heavy atom. The lowest BCUT2D eigenvalue weighted by Crippen LogP contribution is -2.36. The van der Waals surface area contributed by atoms with Crippen molar-refractivity contribution in [3.8, 4) is 0 Å². The summed E-state index contributed by atoms with van der Waals surface area (Å²) in [5, 5.41) is 9.52. The maximum atomic E-state index is 12.4. The third kappa shape index (κ3) is 7.43. The van der Waals surface area contributed by atoms with E-state index in [1.54, 1.807) is 25.4 Å². The van der Waals surface area contributed by atoms with Crippen LogP contribution >= 0.6 is 24.0 Å². The fourth-order valence-electron chi connectivity index (χ4n) is 3.17. The van der Waals surface area contributed by atoms with Crippen LogP contribution in [0.1, 0.15) is 39.7 Å². The van der Waals surface area contributed by atoms with Gasteiger partial charge in [0.25, 0.3) is 5.91 Å². The summed E-state index contributed by atoms with van der Waals surface area (Å²) in [5.74, 6) is 1.31. The minimum atomic E-state index is -0.132. The summed E-state index contributed by atoms with van der Waals surface area (Å²) in [4.78, 5) is 16.7. The van der Waals surface area contributed by atoms with Crippen molar-refractivity contribution >= 4 is 35.8 Å². The number of benzene rings is 2. The molecule has 0 saturated heterocycles. The largest absolute Gasteiger partial charge is 0.467 e. The SMILES string of the molecule is CCc1ccccc1CNC(=NC)NCc1cccc(C(=O)NCc2ccco2)c1.I. The first-order valence-corrected chi connectivity index (χ1v) is 10.1. The van der Waals surface area contributed by atoms with E-state index in [2.05, 4.69) is 52.1 Å². The first-order chi connectivity index (χ1) is 14.7. The number of aryl methyl sites for hydroxylation is 1. The molecule has 2 aromatic carbocycles. The highest BCUT2D eigenvalue weighted by Gasteiger charge is 2.08. The van der Waals surface area contributed by atoms with Crippen LogP contribution in [0.25, 0.3) is 0 Å². The van der Waals surface area contributed by atoms with E-state index in [1.165, 1.54) is 11.1 Å². The number of amides is 1. The lowest BCUT2D eigenvalue weighted by Gasteiger charge is -2.14. The van der Waals surface area contributed by atoms with Gasteiger partial charge in [0, 0.05) is 25.7 Å². The first-order valence-electron chi connectivity index (χ1n) is 10.1. The number of rotatable bonds is 8.